The number of nitrogens with zero attached hydrogens (tertiary/aromatic N) is 3. The Morgan fingerprint density at radius 3 is 2.53 bits per heavy atom. The minimum Gasteiger partial charge on any atom is -0.489 e. The number of carbonyl (C=O) groups excluding carboxylic acids is 1. The summed E-state index contributed by atoms with van der Waals surface area (Å²) < 4.78 is 39.3. The average molecular weight is 436 g/mol. The van der Waals surface area contributed by atoms with Crippen molar-refractivity contribution in [1.82, 2.24) is 14.1 Å². The van der Waals surface area contributed by atoms with Crippen molar-refractivity contribution >= 4 is 21.6 Å². The third-order valence-electron chi connectivity index (χ3n) is 4.36. The molecule has 1 aromatic heterocycles. The lowest BCUT2D eigenvalue weighted by Crippen LogP contribution is -2.40. The number of amides is 1. The number of hydrogen-bond acceptors (Lipinski definition) is 7. The van der Waals surface area contributed by atoms with Crippen LogP contribution >= 0.6 is 0 Å². The van der Waals surface area contributed by atoms with Gasteiger partial charge in [0.15, 0.2) is 0 Å². The van der Waals surface area contributed by atoms with Gasteiger partial charge in [-0.1, -0.05) is 0 Å². The molecule has 0 spiro atoms. The number of carbonyl (C=O) groups is 1. The standard InChI is InChI=1S/C19H24N4O6S/c1-13(2)29-17-6-4-14(30(26,27)23-8-10-28-11-9-23)12-16(17)20-19(25)15-5-7-18(24)22(3)21-15/h4-7,12-13H,8-11H2,1-3H3,(H,20,25). The number of anilines is 1. The Morgan fingerprint density at radius 2 is 1.90 bits per heavy atom. The van der Waals surface area contributed by atoms with E-state index in [-0.39, 0.29) is 41.0 Å². The summed E-state index contributed by atoms with van der Waals surface area (Å²) in [4.78, 5) is 24.2. The number of morpholine rings is 1. The van der Waals surface area contributed by atoms with Crippen LogP contribution in [0.4, 0.5) is 5.69 Å². The van der Waals surface area contributed by atoms with E-state index in [0.717, 1.165) is 4.68 Å². The molecule has 1 saturated heterocycles. The van der Waals surface area contributed by atoms with Gasteiger partial charge in [0.05, 0.1) is 29.9 Å². The molecule has 1 amide bonds. The third kappa shape index (κ3) is 4.86. The van der Waals surface area contributed by atoms with Gasteiger partial charge in [-0.3, -0.25) is 9.59 Å². The van der Waals surface area contributed by atoms with Crippen LogP contribution in [0.1, 0.15) is 24.3 Å². The van der Waals surface area contributed by atoms with Gasteiger partial charge in [-0.2, -0.15) is 9.40 Å². The largest absolute Gasteiger partial charge is 0.489 e. The van der Waals surface area contributed by atoms with Crippen LogP contribution in [0.3, 0.4) is 0 Å². The van der Waals surface area contributed by atoms with Crippen molar-refractivity contribution < 1.29 is 22.7 Å². The molecule has 1 aromatic carbocycles. The highest BCUT2D eigenvalue weighted by Crippen LogP contribution is 2.30. The van der Waals surface area contributed by atoms with E-state index in [0.29, 0.717) is 19.0 Å². The van der Waals surface area contributed by atoms with Crippen LogP contribution in [-0.4, -0.2) is 60.8 Å². The maximum Gasteiger partial charge on any atom is 0.276 e. The SMILES string of the molecule is CC(C)Oc1ccc(S(=O)(=O)N2CCOCC2)cc1NC(=O)c1ccc(=O)n(C)n1. The molecule has 0 atom stereocenters. The minimum absolute atomic E-state index is 0.00837. The van der Waals surface area contributed by atoms with Crippen molar-refractivity contribution in [3.05, 3.63) is 46.4 Å². The van der Waals surface area contributed by atoms with Gasteiger partial charge in [0, 0.05) is 26.2 Å². The van der Waals surface area contributed by atoms with Crippen LogP contribution in [0.5, 0.6) is 5.75 Å². The lowest BCUT2D eigenvalue weighted by molar-refractivity contribution is 0.0730. The number of benzene rings is 1. The molecule has 0 unspecified atom stereocenters. The van der Waals surface area contributed by atoms with Crippen molar-refractivity contribution in [2.45, 2.75) is 24.8 Å². The predicted octanol–water partition coefficient (Wildman–Crippen LogP) is 0.841. The van der Waals surface area contributed by atoms with Crippen LogP contribution in [0, 0.1) is 0 Å². The molecule has 0 saturated carbocycles. The number of sulfonamides is 1. The lowest BCUT2D eigenvalue weighted by atomic mass is 10.2. The lowest BCUT2D eigenvalue weighted by Gasteiger charge is -2.26. The van der Waals surface area contributed by atoms with Gasteiger partial charge in [-0.05, 0) is 38.1 Å². The molecular weight excluding hydrogens is 412 g/mol. The molecule has 3 rings (SSSR count). The molecule has 10 nitrogen and oxygen atoms in total. The zero-order chi connectivity index (χ0) is 21.9. The molecule has 11 heteroatoms. The summed E-state index contributed by atoms with van der Waals surface area (Å²) in [6.07, 6.45) is -0.196. The van der Waals surface area contributed by atoms with Gasteiger partial charge >= 0.3 is 0 Å². The Kier molecular flexibility index (Phi) is 6.54. The zero-order valence-electron chi connectivity index (χ0n) is 17.0. The first-order valence-corrected chi connectivity index (χ1v) is 10.9. The van der Waals surface area contributed by atoms with Crippen LogP contribution in [0.25, 0.3) is 0 Å². The van der Waals surface area contributed by atoms with Gasteiger partial charge in [0.2, 0.25) is 10.0 Å². The van der Waals surface area contributed by atoms with E-state index in [1.165, 1.54) is 41.7 Å². The van der Waals surface area contributed by atoms with Gasteiger partial charge in [0.25, 0.3) is 11.5 Å². The predicted molar refractivity (Wildman–Crippen MR) is 109 cm³/mol. The number of aromatic nitrogens is 2. The smallest absolute Gasteiger partial charge is 0.276 e. The van der Waals surface area contributed by atoms with Gasteiger partial charge in [-0.15, -0.1) is 0 Å². The van der Waals surface area contributed by atoms with Gasteiger partial charge in [-0.25, -0.2) is 13.1 Å². The number of aryl methyl sites for hydroxylation is 1. The fourth-order valence-corrected chi connectivity index (χ4v) is 4.30. The highest BCUT2D eigenvalue weighted by Gasteiger charge is 2.27. The van der Waals surface area contributed by atoms with Crippen LogP contribution in [0.2, 0.25) is 0 Å². The molecule has 2 aromatic rings. The van der Waals surface area contributed by atoms with Gasteiger partial charge in [0.1, 0.15) is 11.4 Å². The highest BCUT2D eigenvalue weighted by atomic mass is 32.2. The quantitative estimate of drug-likeness (QED) is 0.712. The number of hydrogen-bond donors (Lipinski definition) is 1. The van der Waals surface area contributed by atoms with Crippen molar-refractivity contribution in [2.75, 3.05) is 31.6 Å². The maximum absolute atomic E-state index is 13.0. The second kappa shape index (κ2) is 8.94. The van der Waals surface area contributed by atoms with E-state index in [2.05, 4.69) is 10.4 Å². The third-order valence-corrected chi connectivity index (χ3v) is 6.26. The van der Waals surface area contributed by atoms with E-state index in [9.17, 15) is 18.0 Å². The molecule has 1 N–H and O–H groups in total. The zero-order valence-corrected chi connectivity index (χ0v) is 17.8. The Morgan fingerprint density at radius 1 is 1.20 bits per heavy atom. The normalized spacial score (nSPS) is 15.2. The number of ether oxygens (including phenoxy) is 2. The number of nitrogens with one attached hydrogen (secondary N) is 1. The summed E-state index contributed by atoms with van der Waals surface area (Å²) in [6, 6.07) is 6.85. The van der Waals surface area contributed by atoms with E-state index >= 15 is 0 Å². The summed E-state index contributed by atoms with van der Waals surface area (Å²) in [6.45, 7) is 4.81. The molecular formula is C19H24N4O6S. The number of rotatable bonds is 6. The first-order chi connectivity index (χ1) is 14.2. The van der Waals surface area contributed by atoms with Crippen molar-refractivity contribution in [3.8, 4) is 5.75 Å². The maximum atomic E-state index is 13.0. The Hall–Kier alpha value is -2.76. The summed E-state index contributed by atoms with van der Waals surface area (Å²) in [7, 11) is -2.32. The van der Waals surface area contributed by atoms with E-state index in [1.54, 1.807) is 0 Å². The topological polar surface area (TPSA) is 120 Å². The van der Waals surface area contributed by atoms with Gasteiger partial charge < -0.3 is 14.8 Å². The molecule has 0 bridgehead atoms. The fourth-order valence-electron chi connectivity index (χ4n) is 2.87. The second-order valence-electron chi connectivity index (χ2n) is 6.98. The molecule has 1 aliphatic rings. The molecule has 2 heterocycles. The Labute approximate surface area is 174 Å². The molecule has 1 aliphatic heterocycles. The molecule has 1 fully saturated rings. The molecule has 0 radical (unpaired) electrons. The summed E-state index contributed by atoms with van der Waals surface area (Å²) in [5, 5.41) is 6.56. The molecule has 0 aliphatic carbocycles. The van der Waals surface area contributed by atoms with Crippen LogP contribution < -0.4 is 15.6 Å². The monoisotopic (exact) mass is 436 g/mol. The Balaban J connectivity index is 1.95. The van der Waals surface area contributed by atoms with E-state index in [1.807, 2.05) is 13.8 Å². The second-order valence-corrected chi connectivity index (χ2v) is 8.91. The summed E-state index contributed by atoms with van der Waals surface area (Å²) >= 11 is 0. The highest BCUT2D eigenvalue weighted by molar-refractivity contribution is 7.89. The first kappa shape index (κ1) is 21.9. The fraction of sp³-hybridized carbons (Fsp3) is 0.421. The average Bonchev–Trinajstić information content (AvgIpc) is 2.71. The first-order valence-electron chi connectivity index (χ1n) is 9.43. The van der Waals surface area contributed by atoms with Crippen LogP contribution in [0.15, 0.2) is 40.0 Å². The van der Waals surface area contributed by atoms with Crippen LogP contribution in [-0.2, 0) is 21.8 Å². The molecule has 162 valence electrons. The van der Waals surface area contributed by atoms with Crippen molar-refractivity contribution in [2.24, 2.45) is 7.05 Å². The van der Waals surface area contributed by atoms with E-state index < -0.39 is 15.9 Å². The Bertz CT molecular complexity index is 1090. The summed E-state index contributed by atoms with van der Waals surface area (Å²) in [5.74, 6) is -0.274. The van der Waals surface area contributed by atoms with E-state index in [4.69, 9.17) is 9.47 Å². The molecule has 30 heavy (non-hydrogen) atoms. The van der Waals surface area contributed by atoms with Crippen molar-refractivity contribution in [3.63, 3.8) is 0 Å². The minimum atomic E-state index is -3.76. The summed E-state index contributed by atoms with van der Waals surface area (Å²) in [5.41, 5.74) is -0.151. The van der Waals surface area contributed by atoms with Crippen molar-refractivity contribution in [1.29, 1.82) is 0 Å².